The van der Waals surface area contributed by atoms with Crippen molar-refractivity contribution in [1.82, 2.24) is 4.98 Å². The zero-order valence-electron chi connectivity index (χ0n) is 8.58. The van der Waals surface area contributed by atoms with Gasteiger partial charge in [-0.2, -0.15) is 0 Å². The molecule has 0 spiro atoms. The fourth-order valence-electron chi connectivity index (χ4n) is 1.38. The Morgan fingerprint density at radius 2 is 1.94 bits per heavy atom. The number of nitrogens with zero attached hydrogens (tertiary/aromatic N) is 1. The van der Waals surface area contributed by atoms with Crippen molar-refractivity contribution in [2.45, 2.75) is 0 Å². The molecule has 0 saturated heterocycles. The summed E-state index contributed by atoms with van der Waals surface area (Å²) in [6, 6.07) is 10.8. The maximum Gasteiger partial charge on any atom is 0.213 e. The van der Waals surface area contributed by atoms with Crippen LogP contribution in [0.4, 0.5) is 0 Å². The Hall–Kier alpha value is -1.25. The SMILES string of the molecule is COc1cccc(-c2ccc(Cl)cc2Cl)n1. The normalized spacial score (nSPS) is 10.2. The van der Waals surface area contributed by atoms with Crippen molar-refractivity contribution >= 4 is 23.2 Å². The van der Waals surface area contributed by atoms with Gasteiger partial charge in [-0.1, -0.05) is 29.3 Å². The second-order valence-electron chi connectivity index (χ2n) is 3.19. The summed E-state index contributed by atoms with van der Waals surface area (Å²) in [7, 11) is 1.58. The fraction of sp³-hybridized carbons (Fsp3) is 0.0833. The predicted octanol–water partition coefficient (Wildman–Crippen LogP) is 4.06. The van der Waals surface area contributed by atoms with Crippen LogP contribution >= 0.6 is 23.2 Å². The first-order valence-electron chi connectivity index (χ1n) is 4.67. The number of aromatic nitrogens is 1. The molecule has 0 N–H and O–H groups in total. The van der Waals surface area contributed by atoms with Crippen molar-refractivity contribution in [3.05, 3.63) is 46.4 Å². The molecule has 1 aromatic heterocycles. The van der Waals surface area contributed by atoms with E-state index in [1.165, 1.54) is 0 Å². The van der Waals surface area contributed by atoms with Crippen molar-refractivity contribution in [3.63, 3.8) is 0 Å². The molecule has 16 heavy (non-hydrogen) atoms. The third kappa shape index (κ3) is 2.29. The molecule has 0 saturated carbocycles. The molecule has 0 aliphatic heterocycles. The summed E-state index contributed by atoms with van der Waals surface area (Å²) < 4.78 is 5.06. The molecular formula is C12H9Cl2NO. The summed E-state index contributed by atoms with van der Waals surface area (Å²) in [5.74, 6) is 0.559. The molecule has 0 amide bonds. The van der Waals surface area contributed by atoms with Crippen molar-refractivity contribution in [1.29, 1.82) is 0 Å². The number of pyridine rings is 1. The maximum atomic E-state index is 6.09. The van der Waals surface area contributed by atoms with Gasteiger partial charge in [-0.15, -0.1) is 0 Å². The average molecular weight is 254 g/mol. The van der Waals surface area contributed by atoms with E-state index in [-0.39, 0.29) is 0 Å². The summed E-state index contributed by atoms with van der Waals surface area (Å²) in [6.45, 7) is 0. The lowest BCUT2D eigenvalue weighted by molar-refractivity contribution is 0.398. The second kappa shape index (κ2) is 4.73. The molecule has 1 aromatic carbocycles. The Labute approximate surface area is 104 Å². The number of benzene rings is 1. The van der Waals surface area contributed by atoms with Crippen molar-refractivity contribution in [2.75, 3.05) is 7.11 Å². The van der Waals surface area contributed by atoms with E-state index >= 15 is 0 Å². The summed E-state index contributed by atoms with van der Waals surface area (Å²) in [4.78, 5) is 4.30. The van der Waals surface area contributed by atoms with E-state index in [9.17, 15) is 0 Å². The van der Waals surface area contributed by atoms with Gasteiger partial charge in [0.15, 0.2) is 0 Å². The molecule has 0 aliphatic rings. The van der Waals surface area contributed by atoms with Crippen LogP contribution in [-0.2, 0) is 0 Å². The maximum absolute atomic E-state index is 6.09. The number of ether oxygens (including phenoxy) is 1. The number of methoxy groups -OCH3 is 1. The lowest BCUT2D eigenvalue weighted by Gasteiger charge is -2.05. The van der Waals surface area contributed by atoms with Crippen LogP contribution in [0.2, 0.25) is 10.0 Å². The van der Waals surface area contributed by atoms with Crippen molar-refractivity contribution in [3.8, 4) is 17.1 Å². The van der Waals surface area contributed by atoms with E-state index in [4.69, 9.17) is 27.9 Å². The van der Waals surface area contributed by atoms with Gasteiger partial charge >= 0.3 is 0 Å². The topological polar surface area (TPSA) is 22.1 Å². The molecular weight excluding hydrogens is 245 g/mol. The van der Waals surface area contributed by atoms with Gasteiger partial charge in [-0.25, -0.2) is 4.98 Å². The molecule has 0 fully saturated rings. The third-order valence-electron chi connectivity index (χ3n) is 2.14. The van der Waals surface area contributed by atoms with Gasteiger partial charge in [-0.3, -0.25) is 0 Å². The highest BCUT2D eigenvalue weighted by Gasteiger charge is 2.06. The van der Waals surface area contributed by atoms with Crippen LogP contribution in [0.15, 0.2) is 36.4 Å². The lowest BCUT2D eigenvalue weighted by atomic mass is 10.1. The minimum Gasteiger partial charge on any atom is -0.481 e. The highest BCUT2D eigenvalue weighted by atomic mass is 35.5. The molecule has 0 bridgehead atoms. The van der Waals surface area contributed by atoms with Crippen LogP contribution in [0.25, 0.3) is 11.3 Å². The van der Waals surface area contributed by atoms with Gasteiger partial charge in [0, 0.05) is 16.7 Å². The Morgan fingerprint density at radius 3 is 2.62 bits per heavy atom. The number of hydrogen-bond donors (Lipinski definition) is 0. The zero-order chi connectivity index (χ0) is 11.5. The number of halogens is 2. The van der Waals surface area contributed by atoms with E-state index in [2.05, 4.69) is 4.98 Å². The smallest absolute Gasteiger partial charge is 0.213 e. The molecule has 82 valence electrons. The summed E-state index contributed by atoms with van der Waals surface area (Å²) >= 11 is 11.9. The summed E-state index contributed by atoms with van der Waals surface area (Å²) in [5.41, 5.74) is 1.60. The molecule has 0 aliphatic carbocycles. The number of rotatable bonds is 2. The summed E-state index contributed by atoms with van der Waals surface area (Å²) in [6.07, 6.45) is 0. The first kappa shape index (κ1) is 11.2. The number of hydrogen-bond acceptors (Lipinski definition) is 2. The van der Waals surface area contributed by atoms with Crippen LogP contribution in [-0.4, -0.2) is 12.1 Å². The fourth-order valence-corrected chi connectivity index (χ4v) is 1.88. The van der Waals surface area contributed by atoms with E-state index in [1.807, 2.05) is 18.2 Å². The van der Waals surface area contributed by atoms with E-state index in [0.717, 1.165) is 11.3 Å². The standard InChI is InChI=1S/C12H9Cl2NO/c1-16-12-4-2-3-11(15-12)9-6-5-8(13)7-10(9)14/h2-7H,1H3. The van der Waals surface area contributed by atoms with Crippen molar-refractivity contribution < 1.29 is 4.74 Å². The van der Waals surface area contributed by atoms with Gasteiger partial charge in [-0.05, 0) is 24.3 Å². The Balaban J connectivity index is 2.49. The minimum atomic E-state index is 0.559. The molecule has 0 atom stereocenters. The van der Waals surface area contributed by atoms with Crippen LogP contribution in [0.3, 0.4) is 0 Å². The molecule has 2 nitrogen and oxygen atoms in total. The molecule has 1 heterocycles. The van der Waals surface area contributed by atoms with Crippen LogP contribution in [0.1, 0.15) is 0 Å². The Morgan fingerprint density at radius 1 is 1.12 bits per heavy atom. The summed E-state index contributed by atoms with van der Waals surface area (Å²) in [5, 5.41) is 1.19. The van der Waals surface area contributed by atoms with Crippen LogP contribution in [0, 0.1) is 0 Å². The molecule has 2 rings (SSSR count). The van der Waals surface area contributed by atoms with E-state index in [0.29, 0.717) is 15.9 Å². The quantitative estimate of drug-likeness (QED) is 0.806. The van der Waals surface area contributed by atoms with Crippen LogP contribution < -0.4 is 4.74 Å². The van der Waals surface area contributed by atoms with Crippen molar-refractivity contribution in [2.24, 2.45) is 0 Å². The monoisotopic (exact) mass is 253 g/mol. The highest BCUT2D eigenvalue weighted by Crippen LogP contribution is 2.29. The van der Waals surface area contributed by atoms with Gasteiger partial charge in [0.05, 0.1) is 17.8 Å². The highest BCUT2D eigenvalue weighted by molar-refractivity contribution is 6.36. The van der Waals surface area contributed by atoms with E-state index < -0.39 is 0 Å². The first-order chi connectivity index (χ1) is 7.70. The predicted molar refractivity (Wildman–Crippen MR) is 66.2 cm³/mol. The average Bonchev–Trinajstić information content (AvgIpc) is 2.29. The van der Waals surface area contributed by atoms with Gasteiger partial charge < -0.3 is 4.74 Å². The largest absolute Gasteiger partial charge is 0.481 e. The Bertz CT molecular complexity index is 514. The lowest BCUT2D eigenvalue weighted by Crippen LogP contribution is -1.90. The molecule has 0 radical (unpaired) electrons. The van der Waals surface area contributed by atoms with Gasteiger partial charge in [0.2, 0.25) is 5.88 Å². The zero-order valence-corrected chi connectivity index (χ0v) is 10.1. The second-order valence-corrected chi connectivity index (χ2v) is 4.03. The molecule has 0 unspecified atom stereocenters. The molecule has 2 aromatic rings. The minimum absolute atomic E-state index is 0.559. The Kier molecular flexibility index (Phi) is 3.32. The van der Waals surface area contributed by atoms with Gasteiger partial charge in [0.25, 0.3) is 0 Å². The molecule has 4 heteroatoms. The van der Waals surface area contributed by atoms with Crippen LogP contribution in [0.5, 0.6) is 5.88 Å². The first-order valence-corrected chi connectivity index (χ1v) is 5.43. The third-order valence-corrected chi connectivity index (χ3v) is 2.69. The van der Waals surface area contributed by atoms with E-state index in [1.54, 1.807) is 25.3 Å². The van der Waals surface area contributed by atoms with Gasteiger partial charge in [0.1, 0.15) is 0 Å².